The molecule has 72 valence electrons. The average Bonchev–Trinajstić information content (AvgIpc) is 2.62. The van der Waals surface area contributed by atoms with Gasteiger partial charge >= 0.3 is 0 Å². The topological polar surface area (TPSA) is 55.1 Å². The van der Waals surface area contributed by atoms with Crippen LogP contribution in [0.1, 0.15) is 26.2 Å². The molecule has 13 heavy (non-hydrogen) atoms. The van der Waals surface area contributed by atoms with Gasteiger partial charge in [-0.1, -0.05) is 12.2 Å². The second kappa shape index (κ2) is 2.84. The van der Waals surface area contributed by atoms with E-state index in [9.17, 15) is 4.79 Å². The summed E-state index contributed by atoms with van der Waals surface area (Å²) in [6.07, 6.45) is 6.83. The molecule has 0 heterocycles. The molecular weight excluding hydrogens is 164 g/mol. The average molecular weight is 180 g/mol. The summed E-state index contributed by atoms with van der Waals surface area (Å²) in [4.78, 5) is 11.6. The quantitative estimate of drug-likeness (QED) is 0.610. The van der Waals surface area contributed by atoms with Crippen molar-refractivity contribution in [3.63, 3.8) is 0 Å². The maximum absolute atomic E-state index is 11.6. The van der Waals surface area contributed by atoms with E-state index >= 15 is 0 Å². The lowest BCUT2D eigenvalue weighted by atomic mass is 10.1. The van der Waals surface area contributed by atoms with Crippen molar-refractivity contribution in [1.82, 2.24) is 5.32 Å². The van der Waals surface area contributed by atoms with Crippen LogP contribution in [0.2, 0.25) is 0 Å². The van der Waals surface area contributed by atoms with E-state index in [0.29, 0.717) is 0 Å². The molecule has 3 heteroatoms. The Morgan fingerprint density at radius 3 is 2.69 bits per heavy atom. The van der Waals surface area contributed by atoms with Crippen LogP contribution < -0.4 is 11.1 Å². The van der Waals surface area contributed by atoms with Gasteiger partial charge in [0.1, 0.15) is 0 Å². The zero-order valence-electron chi connectivity index (χ0n) is 7.92. The Kier molecular flexibility index (Phi) is 1.91. The highest BCUT2D eigenvalue weighted by Gasteiger charge is 2.40. The van der Waals surface area contributed by atoms with Gasteiger partial charge in [0.05, 0.1) is 5.92 Å². The van der Waals surface area contributed by atoms with Crippen LogP contribution in [-0.2, 0) is 4.79 Å². The van der Waals surface area contributed by atoms with Crippen LogP contribution in [0, 0.1) is 5.92 Å². The Balaban J connectivity index is 1.87. The number of hydrogen-bond acceptors (Lipinski definition) is 2. The maximum Gasteiger partial charge on any atom is 0.227 e. The number of carbonyl (C=O) groups excluding carboxylic acids is 1. The van der Waals surface area contributed by atoms with Crippen molar-refractivity contribution in [3.8, 4) is 0 Å². The Hall–Kier alpha value is -0.830. The van der Waals surface area contributed by atoms with Gasteiger partial charge in [-0.15, -0.1) is 0 Å². The highest BCUT2D eigenvalue weighted by atomic mass is 16.2. The first-order valence-corrected chi connectivity index (χ1v) is 4.85. The fourth-order valence-electron chi connectivity index (χ4n) is 1.62. The largest absolute Gasteiger partial charge is 0.350 e. The van der Waals surface area contributed by atoms with Crippen LogP contribution in [0.25, 0.3) is 0 Å². The molecule has 1 saturated carbocycles. The smallest absolute Gasteiger partial charge is 0.227 e. The monoisotopic (exact) mass is 180 g/mol. The maximum atomic E-state index is 11.6. The third-order valence-corrected chi connectivity index (χ3v) is 2.88. The summed E-state index contributed by atoms with van der Waals surface area (Å²) in [6.45, 7) is 2.09. The molecule has 0 aromatic carbocycles. The van der Waals surface area contributed by atoms with Gasteiger partial charge in [0, 0.05) is 11.6 Å². The highest BCUT2D eigenvalue weighted by molar-refractivity contribution is 5.82. The first-order valence-electron chi connectivity index (χ1n) is 4.85. The molecule has 1 amide bonds. The normalized spacial score (nSPS) is 34.6. The van der Waals surface area contributed by atoms with Crippen LogP contribution in [0.15, 0.2) is 12.2 Å². The van der Waals surface area contributed by atoms with E-state index in [1.165, 1.54) is 0 Å². The van der Waals surface area contributed by atoms with E-state index in [2.05, 4.69) is 12.2 Å². The summed E-state index contributed by atoms with van der Waals surface area (Å²) in [5.41, 5.74) is 5.77. The predicted octanol–water partition coefficient (Wildman–Crippen LogP) is 0.558. The summed E-state index contributed by atoms with van der Waals surface area (Å²) in [5.74, 6) is 0.150. The molecule has 0 bridgehead atoms. The number of carbonyl (C=O) groups is 1. The first-order chi connectivity index (χ1) is 6.09. The standard InChI is InChI=1S/C10H16N2O/c1-10(4-5-10)12-9(13)7-2-3-8(11)6-7/h2-3,7-8H,4-6,11H2,1H3,(H,12,13). The second-order valence-electron chi connectivity index (χ2n) is 4.44. The van der Waals surface area contributed by atoms with E-state index in [4.69, 9.17) is 5.73 Å². The lowest BCUT2D eigenvalue weighted by Gasteiger charge is -2.15. The molecule has 2 atom stereocenters. The molecule has 2 aliphatic rings. The van der Waals surface area contributed by atoms with Crippen molar-refractivity contribution in [3.05, 3.63) is 12.2 Å². The highest BCUT2D eigenvalue weighted by Crippen LogP contribution is 2.35. The Morgan fingerprint density at radius 1 is 1.54 bits per heavy atom. The number of amides is 1. The van der Waals surface area contributed by atoms with E-state index in [1.54, 1.807) is 0 Å². The van der Waals surface area contributed by atoms with Crippen molar-refractivity contribution in [2.24, 2.45) is 11.7 Å². The van der Waals surface area contributed by atoms with Gasteiger partial charge in [-0.25, -0.2) is 0 Å². The van der Waals surface area contributed by atoms with Gasteiger partial charge in [-0.05, 0) is 26.2 Å². The molecule has 0 saturated heterocycles. The molecule has 0 spiro atoms. The molecule has 2 aliphatic carbocycles. The molecule has 0 aromatic heterocycles. The van der Waals surface area contributed by atoms with Crippen LogP contribution in [0.3, 0.4) is 0 Å². The van der Waals surface area contributed by atoms with Gasteiger partial charge in [0.2, 0.25) is 5.91 Å². The van der Waals surface area contributed by atoms with E-state index in [-0.39, 0.29) is 23.4 Å². The van der Waals surface area contributed by atoms with Gasteiger partial charge in [0.25, 0.3) is 0 Å². The van der Waals surface area contributed by atoms with E-state index < -0.39 is 0 Å². The Labute approximate surface area is 78.4 Å². The van der Waals surface area contributed by atoms with Crippen LogP contribution >= 0.6 is 0 Å². The minimum atomic E-state index is 0.00687. The zero-order chi connectivity index (χ0) is 9.47. The summed E-state index contributed by atoms with van der Waals surface area (Å²) in [6, 6.07) is 0.0720. The van der Waals surface area contributed by atoms with E-state index in [1.807, 2.05) is 12.2 Å². The van der Waals surface area contributed by atoms with Crippen molar-refractivity contribution in [1.29, 1.82) is 0 Å². The molecule has 1 fully saturated rings. The molecule has 2 rings (SSSR count). The molecule has 0 aromatic rings. The van der Waals surface area contributed by atoms with Gasteiger partial charge in [0.15, 0.2) is 0 Å². The Bertz CT molecular complexity index is 256. The predicted molar refractivity (Wildman–Crippen MR) is 51.0 cm³/mol. The lowest BCUT2D eigenvalue weighted by Crippen LogP contribution is -2.38. The van der Waals surface area contributed by atoms with Crippen molar-refractivity contribution >= 4 is 5.91 Å². The molecule has 0 radical (unpaired) electrons. The van der Waals surface area contributed by atoms with Crippen LogP contribution in [-0.4, -0.2) is 17.5 Å². The van der Waals surface area contributed by atoms with Crippen molar-refractivity contribution in [2.45, 2.75) is 37.8 Å². The first kappa shape index (κ1) is 8.75. The summed E-state index contributed by atoms with van der Waals surface area (Å²) in [5, 5.41) is 3.05. The Morgan fingerprint density at radius 2 is 2.23 bits per heavy atom. The lowest BCUT2D eigenvalue weighted by molar-refractivity contribution is -0.124. The molecule has 3 nitrogen and oxygen atoms in total. The number of nitrogens with one attached hydrogen (secondary N) is 1. The van der Waals surface area contributed by atoms with Gasteiger partial charge < -0.3 is 11.1 Å². The third kappa shape index (κ3) is 1.91. The van der Waals surface area contributed by atoms with Crippen molar-refractivity contribution < 1.29 is 4.79 Å². The minimum absolute atomic E-state index is 0.00687. The summed E-state index contributed by atoms with van der Waals surface area (Å²) >= 11 is 0. The van der Waals surface area contributed by atoms with Gasteiger partial charge in [-0.2, -0.15) is 0 Å². The molecular formula is C10H16N2O. The fraction of sp³-hybridized carbons (Fsp3) is 0.700. The molecule has 3 N–H and O–H groups in total. The van der Waals surface area contributed by atoms with Crippen LogP contribution in [0.5, 0.6) is 0 Å². The molecule has 2 unspecified atom stereocenters. The summed E-state index contributed by atoms with van der Waals surface area (Å²) < 4.78 is 0. The number of nitrogens with two attached hydrogens (primary N) is 1. The van der Waals surface area contributed by atoms with Crippen molar-refractivity contribution in [2.75, 3.05) is 0 Å². The second-order valence-corrected chi connectivity index (χ2v) is 4.44. The zero-order valence-corrected chi connectivity index (χ0v) is 7.92. The van der Waals surface area contributed by atoms with Gasteiger partial charge in [-0.3, -0.25) is 4.79 Å². The van der Waals surface area contributed by atoms with E-state index in [0.717, 1.165) is 19.3 Å². The molecule has 0 aliphatic heterocycles. The minimum Gasteiger partial charge on any atom is -0.350 e. The van der Waals surface area contributed by atoms with Crippen LogP contribution in [0.4, 0.5) is 0 Å². The number of hydrogen-bond donors (Lipinski definition) is 2. The number of rotatable bonds is 2. The fourth-order valence-corrected chi connectivity index (χ4v) is 1.62. The third-order valence-electron chi connectivity index (χ3n) is 2.88. The summed E-state index contributed by atoms with van der Waals surface area (Å²) in [7, 11) is 0. The SMILES string of the molecule is CC1(NC(=O)C2C=CC(N)C2)CC1.